The van der Waals surface area contributed by atoms with Crippen molar-refractivity contribution in [1.29, 1.82) is 0 Å². The van der Waals surface area contributed by atoms with Crippen LogP contribution < -0.4 is 26.0 Å². The molecule has 2 aromatic heterocycles. The Morgan fingerprint density at radius 3 is 2.25 bits per heavy atom. The van der Waals surface area contributed by atoms with E-state index in [2.05, 4.69) is 5.32 Å². The topological polar surface area (TPSA) is 105 Å². The Labute approximate surface area is 230 Å². The van der Waals surface area contributed by atoms with Crippen molar-refractivity contribution >= 4 is 16.8 Å². The Bertz CT molecular complexity index is 1780. The average molecular weight is 540 g/mol. The zero-order chi connectivity index (χ0) is 28.2. The molecule has 40 heavy (non-hydrogen) atoms. The van der Waals surface area contributed by atoms with E-state index in [1.54, 1.807) is 59.4 Å². The van der Waals surface area contributed by atoms with Crippen LogP contribution in [0.1, 0.15) is 32.8 Å². The van der Waals surface area contributed by atoms with Crippen LogP contribution >= 0.6 is 0 Å². The zero-order valence-electron chi connectivity index (χ0n) is 22.5. The maximum atomic E-state index is 13.8. The molecule has 0 fully saturated rings. The molecular weight excluding hydrogens is 510 g/mol. The number of aryl methyl sites for hydroxylation is 1. The van der Waals surface area contributed by atoms with Gasteiger partial charge in [-0.2, -0.15) is 0 Å². The van der Waals surface area contributed by atoms with Crippen LogP contribution in [0.4, 0.5) is 0 Å². The summed E-state index contributed by atoms with van der Waals surface area (Å²) in [5.74, 6) is 1.21. The number of hydrogen-bond acceptors (Lipinski definition) is 6. The van der Waals surface area contributed by atoms with E-state index < -0.39 is 11.2 Å². The lowest BCUT2D eigenvalue weighted by Crippen LogP contribution is -2.40. The number of methoxy groups -OCH3 is 2. The minimum atomic E-state index is -0.452. The molecule has 5 rings (SSSR count). The molecule has 0 atom stereocenters. The van der Waals surface area contributed by atoms with Gasteiger partial charge in [0.05, 0.1) is 51.0 Å². The number of carbonyl (C=O) groups excluding carboxylic acids is 1. The molecule has 9 heteroatoms. The highest BCUT2D eigenvalue weighted by atomic mass is 16.5. The molecule has 204 valence electrons. The summed E-state index contributed by atoms with van der Waals surface area (Å²) in [4.78, 5) is 40.0. The highest BCUT2D eigenvalue weighted by Gasteiger charge is 2.18. The third kappa shape index (κ3) is 5.40. The fourth-order valence-electron chi connectivity index (χ4n) is 4.66. The van der Waals surface area contributed by atoms with Crippen molar-refractivity contribution in [2.24, 2.45) is 0 Å². The van der Waals surface area contributed by atoms with Crippen molar-refractivity contribution in [3.05, 3.63) is 128 Å². The number of fused-ring (bicyclic) bond motifs is 1. The summed E-state index contributed by atoms with van der Waals surface area (Å²) in [6.07, 6.45) is 1.55. The molecule has 0 unspecified atom stereocenters. The highest BCUT2D eigenvalue weighted by Crippen LogP contribution is 2.30. The van der Waals surface area contributed by atoms with E-state index in [-0.39, 0.29) is 25.5 Å². The molecule has 0 saturated carbocycles. The SMILES string of the molecule is COc1cc2c(=O)n(Cc3ccc(C(=O)NCc4ccco4)cc3)c(=O)n(Cc3cccc(C)c3)c2cc1OC. The van der Waals surface area contributed by atoms with Crippen molar-refractivity contribution in [3.63, 3.8) is 0 Å². The van der Waals surface area contributed by atoms with Gasteiger partial charge >= 0.3 is 5.69 Å². The number of nitrogens with zero attached hydrogens (tertiary/aromatic N) is 2. The summed E-state index contributed by atoms with van der Waals surface area (Å²) in [6, 6.07) is 21.5. The van der Waals surface area contributed by atoms with Gasteiger partial charge in [-0.3, -0.25) is 18.7 Å². The maximum Gasteiger partial charge on any atom is 0.332 e. The van der Waals surface area contributed by atoms with Crippen LogP contribution in [-0.2, 0) is 19.6 Å². The van der Waals surface area contributed by atoms with Gasteiger partial charge in [-0.25, -0.2) is 4.79 Å². The van der Waals surface area contributed by atoms with Crippen molar-refractivity contribution in [3.8, 4) is 11.5 Å². The second kappa shape index (κ2) is 11.4. The zero-order valence-corrected chi connectivity index (χ0v) is 22.5. The number of aromatic nitrogens is 2. The molecule has 0 aliphatic heterocycles. The summed E-state index contributed by atoms with van der Waals surface area (Å²) in [6.45, 7) is 2.56. The van der Waals surface area contributed by atoms with Gasteiger partial charge in [-0.05, 0) is 48.4 Å². The summed E-state index contributed by atoms with van der Waals surface area (Å²) < 4.78 is 18.9. The number of rotatable bonds is 9. The van der Waals surface area contributed by atoms with Crippen LogP contribution in [-0.4, -0.2) is 29.3 Å². The predicted octanol–water partition coefficient (Wildman–Crippen LogP) is 4.11. The molecule has 1 amide bonds. The minimum Gasteiger partial charge on any atom is -0.493 e. The lowest BCUT2D eigenvalue weighted by molar-refractivity contribution is 0.0948. The number of furan rings is 1. The Kier molecular flexibility index (Phi) is 7.54. The van der Waals surface area contributed by atoms with E-state index in [4.69, 9.17) is 13.9 Å². The average Bonchev–Trinajstić information content (AvgIpc) is 3.50. The van der Waals surface area contributed by atoms with Crippen LogP contribution in [0.2, 0.25) is 0 Å². The summed E-state index contributed by atoms with van der Waals surface area (Å²) >= 11 is 0. The van der Waals surface area contributed by atoms with E-state index in [0.29, 0.717) is 39.3 Å². The van der Waals surface area contributed by atoms with Gasteiger partial charge in [-0.1, -0.05) is 42.0 Å². The molecule has 0 bridgehead atoms. The van der Waals surface area contributed by atoms with E-state index in [0.717, 1.165) is 11.1 Å². The Morgan fingerprint density at radius 2 is 1.57 bits per heavy atom. The number of ether oxygens (including phenoxy) is 2. The fraction of sp³-hybridized carbons (Fsp3) is 0.194. The van der Waals surface area contributed by atoms with Crippen molar-refractivity contribution in [2.75, 3.05) is 14.2 Å². The van der Waals surface area contributed by atoms with Gasteiger partial charge in [0.1, 0.15) is 5.76 Å². The standard InChI is InChI=1S/C31H29N3O6/c1-20-6-4-7-22(14-20)19-33-26-16-28(39-3)27(38-2)15-25(26)30(36)34(31(33)37)18-21-9-11-23(12-10-21)29(35)32-17-24-8-5-13-40-24/h4-16H,17-19H2,1-3H3,(H,32,35). The number of benzene rings is 3. The lowest BCUT2D eigenvalue weighted by atomic mass is 10.1. The monoisotopic (exact) mass is 539 g/mol. The van der Waals surface area contributed by atoms with Crippen LogP contribution in [0.25, 0.3) is 10.9 Å². The van der Waals surface area contributed by atoms with Crippen LogP contribution in [0.5, 0.6) is 11.5 Å². The van der Waals surface area contributed by atoms with Crippen molar-refractivity contribution < 1.29 is 18.7 Å². The molecule has 9 nitrogen and oxygen atoms in total. The van der Waals surface area contributed by atoms with Crippen molar-refractivity contribution in [2.45, 2.75) is 26.6 Å². The first-order valence-electron chi connectivity index (χ1n) is 12.7. The van der Waals surface area contributed by atoms with Gasteiger partial charge in [0.15, 0.2) is 11.5 Å². The quantitative estimate of drug-likeness (QED) is 0.302. The van der Waals surface area contributed by atoms with E-state index in [1.165, 1.54) is 18.8 Å². The first-order chi connectivity index (χ1) is 19.4. The van der Waals surface area contributed by atoms with Gasteiger partial charge < -0.3 is 19.2 Å². The molecule has 3 aromatic carbocycles. The molecule has 0 spiro atoms. The van der Waals surface area contributed by atoms with Crippen molar-refractivity contribution in [1.82, 2.24) is 14.5 Å². The largest absolute Gasteiger partial charge is 0.493 e. The number of nitrogens with one attached hydrogen (secondary N) is 1. The van der Waals surface area contributed by atoms with Gasteiger partial charge in [0.2, 0.25) is 0 Å². The van der Waals surface area contributed by atoms with Crippen LogP contribution in [0.15, 0.2) is 93.1 Å². The first kappa shape index (κ1) is 26.6. The number of amides is 1. The van der Waals surface area contributed by atoms with Gasteiger partial charge in [0.25, 0.3) is 11.5 Å². The van der Waals surface area contributed by atoms with Crippen LogP contribution in [0, 0.1) is 6.92 Å². The fourth-order valence-corrected chi connectivity index (χ4v) is 4.66. The van der Waals surface area contributed by atoms with E-state index in [1.807, 2.05) is 31.2 Å². The normalized spacial score (nSPS) is 11.0. The summed E-state index contributed by atoms with van der Waals surface area (Å²) in [5.41, 5.74) is 2.70. The molecule has 0 radical (unpaired) electrons. The highest BCUT2D eigenvalue weighted by molar-refractivity contribution is 5.94. The van der Waals surface area contributed by atoms with Gasteiger partial charge in [-0.15, -0.1) is 0 Å². The number of carbonyl (C=O) groups is 1. The Balaban J connectivity index is 1.52. The smallest absolute Gasteiger partial charge is 0.332 e. The molecule has 0 saturated heterocycles. The second-order valence-corrected chi connectivity index (χ2v) is 9.43. The minimum absolute atomic E-state index is 0.0318. The second-order valence-electron chi connectivity index (χ2n) is 9.43. The molecule has 0 aliphatic carbocycles. The first-order valence-corrected chi connectivity index (χ1v) is 12.7. The Morgan fingerprint density at radius 1 is 0.850 bits per heavy atom. The van der Waals surface area contributed by atoms with Crippen LogP contribution in [0.3, 0.4) is 0 Å². The third-order valence-corrected chi connectivity index (χ3v) is 6.71. The predicted molar refractivity (Wildman–Crippen MR) is 151 cm³/mol. The van der Waals surface area contributed by atoms with E-state index >= 15 is 0 Å². The summed E-state index contributed by atoms with van der Waals surface area (Å²) in [7, 11) is 3.01. The maximum absolute atomic E-state index is 13.8. The number of hydrogen-bond donors (Lipinski definition) is 1. The lowest BCUT2D eigenvalue weighted by Gasteiger charge is -2.17. The molecule has 2 heterocycles. The van der Waals surface area contributed by atoms with Gasteiger partial charge in [0, 0.05) is 11.6 Å². The molecular formula is C31H29N3O6. The molecule has 0 aliphatic rings. The molecule has 5 aromatic rings. The third-order valence-electron chi connectivity index (χ3n) is 6.71. The summed E-state index contributed by atoms with van der Waals surface area (Å²) in [5, 5.41) is 3.13. The Hall–Kier alpha value is -5.05. The molecule has 1 N–H and O–H groups in total. The van der Waals surface area contributed by atoms with E-state index in [9.17, 15) is 14.4 Å².